The van der Waals surface area contributed by atoms with Crippen LogP contribution in [0.5, 0.6) is 0 Å². The lowest BCUT2D eigenvalue weighted by atomic mass is 10.1. The Bertz CT molecular complexity index is 724. The van der Waals surface area contributed by atoms with Crippen molar-refractivity contribution in [2.24, 2.45) is 0 Å². The molecule has 0 aliphatic heterocycles. The normalized spacial score (nSPS) is 11.6. The van der Waals surface area contributed by atoms with Crippen LogP contribution in [0.3, 0.4) is 0 Å². The van der Waals surface area contributed by atoms with Crippen molar-refractivity contribution < 1.29 is 12.8 Å². The number of halogens is 1. The number of benzene rings is 2. The predicted molar refractivity (Wildman–Crippen MR) is 81.8 cm³/mol. The first-order chi connectivity index (χ1) is 9.85. The van der Waals surface area contributed by atoms with E-state index < -0.39 is 10.0 Å². The molecule has 0 atom stereocenters. The number of aryl methyl sites for hydroxylation is 2. The van der Waals surface area contributed by atoms with Crippen LogP contribution in [0.25, 0.3) is 0 Å². The number of hydrogen-bond acceptors (Lipinski definition) is 2. The van der Waals surface area contributed by atoms with Gasteiger partial charge >= 0.3 is 0 Å². The summed E-state index contributed by atoms with van der Waals surface area (Å²) in [6.07, 6.45) is 0. The average Bonchev–Trinajstić information content (AvgIpc) is 2.43. The molecule has 2 aromatic rings. The molecule has 0 bridgehead atoms. The molecule has 1 N–H and O–H groups in total. The van der Waals surface area contributed by atoms with Crippen LogP contribution in [0.2, 0.25) is 0 Å². The van der Waals surface area contributed by atoms with Crippen molar-refractivity contribution >= 4 is 10.0 Å². The quantitative estimate of drug-likeness (QED) is 0.923. The Morgan fingerprint density at radius 1 is 0.952 bits per heavy atom. The maximum absolute atomic E-state index is 12.8. The van der Waals surface area contributed by atoms with Crippen LogP contribution in [0.1, 0.15) is 22.3 Å². The van der Waals surface area contributed by atoms with E-state index in [0.717, 1.165) is 11.1 Å². The second-order valence-electron chi connectivity index (χ2n) is 5.13. The van der Waals surface area contributed by atoms with Crippen molar-refractivity contribution in [1.82, 2.24) is 4.72 Å². The molecule has 0 spiro atoms. The van der Waals surface area contributed by atoms with Gasteiger partial charge < -0.3 is 0 Å². The molecule has 112 valence electrons. The van der Waals surface area contributed by atoms with E-state index in [1.54, 1.807) is 0 Å². The van der Waals surface area contributed by atoms with Gasteiger partial charge in [0, 0.05) is 6.54 Å². The molecular weight excluding hydrogens is 289 g/mol. The lowest BCUT2D eigenvalue weighted by Crippen LogP contribution is -2.24. The van der Waals surface area contributed by atoms with E-state index in [0.29, 0.717) is 5.56 Å². The van der Waals surface area contributed by atoms with Crippen molar-refractivity contribution in [1.29, 1.82) is 0 Å². The molecule has 0 radical (unpaired) electrons. The Morgan fingerprint density at radius 3 is 2.19 bits per heavy atom. The summed E-state index contributed by atoms with van der Waals surface area (Å²) < 4.78 is 39.4. The van der Waals surface area contributed by atoms with E-state index in [4.69, 9.17) is 0 Å². The highest BCUT2D eigenvalue weighted by Crippen LogP contribution is 2.11. The minimum Gasteiger partial charge on any atom is -0.212 e. The van der Waals surface area contributed by atoms with Crippen LogP contribution in [0, 0.1) is 19.7 Å². The fourth-order valence-electron chi connectivity index (χ4n) is 1.96. The third-order valence-corrected chi connectivity index (χ3v) is 4.64. The van der Waals surface area contributed by atoms with E-state index >= 15 is 0 Å². The molecule has 0 saturated carbocycles. The minimum atomic E-state index is -3.44. The molecule has 5 heteroatoms. The summed E-state index contributed by atoms with van der Waals surface area (Å²) in [5.41, 5.74) is 3.78. The summed E-state index contributed by atoms with van der Waals surface area (Å²) in [6.45, 7) is 4.26. The highest BCUT2D eigenvalue weighted by atomic mass is 32.2. The molecule has 0 aliphatic rings. The summed E-state index contributed by atoms with van der Waals surface area (Å²) in [6, 6.07) is 11.3. The topological polar surface area (TPSA) is 46.2 Å². The van der Waals surface area contributed by atoms with Crippen molar-refractivity contribution in [2.75, 3.05) is 0 Å². The maximum atomic E-state index is 12.8. The summed E-state index contributed by atoms with van der Waals surface area (Å²) in [7, 11) is -3.44. The molecule has 0 saturated heterocycles. The van der Waals surface area contributed by atoms with Gasteiger partial charge in [0.2, 0.25) is 10.0 Å². The largest absolute Gasteiger partial charge is 0.216 e. The molecule has 0 amide bonds. The molecule has 2 aromatic carbocycles. The number of nitrogens with one attached hydrogen (secondary N) is 1. The third-order valence-electron chi connectivity index (χ3n) is 3.34. The maximum Gasteiger partial charge on any atom is 0.216 e. The van der Waals surface area contributed by atoms with Crippen LogP contribution >= 0.6 is 0 Å². The first-order valence-electron chi connectivity index (χ1n) is 6.64. The monoisotopic (exact) mass is 307 g/mol. The molecule has 0 aliphatic carbocycles. The van der Waals surface area contributed by atoms with Gasteiger partial charge in [-0.05, 0) is 48.2 Å². The molecular formula is C16H18FNO2S. The van der Waals surface area contributed by atoms with Crippen LogP contribution in [-0.4, -0.2) is 8.42 Å². The van der Waals surface area contributed by atoms with Gasteiger partial charge in [-0.3, -0.25) is 0 Å². The van der Waals surface area contributed by atoms with Crippen molar-refractivity contribution in [3.63, 3.8) is 0 Å². The zero-order valence-electron chi connectivity index (χ0n) is 12.1. The minimum absolute atomic E-state index is 0.155. The first kappa shape index (κ1) is 15.7. The van der Waals surface area contributed by atoms with Gasteiger partial charge in [-0.15, -0.1) is 0 Å². The molecule has 2 rings (SSSR count). The van der Waals surface area contributed by atoms with E-state index in [1.165, 1.54) is 29.8 Å². The fraction of sp³-hybridized carbons (Fsp3) is 0.250. The Morgan fingerprint density at radius 2 is 1.57 bits per heavy atom. The van der Waals surface area contributed by atoms with E-state index in [-0.39, 0.29) is 18.1 Å². The van der Waals surface area contributed by atoms with Crippen LogP contribution in [0.4, 0.5) is 4.39 Å². The summed E-state index contributed by atoms with van der Waals surface area (Å²) in [4.78, 5) is 0. The van der Waals surface area contributed by atoms with Crippen molar-refractivity contribution in [3.8, 4) is 0 Å². The number of sulfonamides is 1. The highest BCUT2D eigenvalue weighted by Gasteiger charge is 2.11. The molecule has 0 heterocycles. The Hall–Kier alpha value is -1.72. The third kappa shape index (κ3) is 4.65. The molecule has 0 fully saturated rings. The van der Waals surface area contributed by atoms with Gasteiger partial charge in [-0.2, -0.15) is 0 Å². The summed E-state index contributed by atoms with van der Waals surface area (Å²) in [5.74, 6) is -0.530. The van der Waals surface area contributed by atoms with Gasteiger partial charge in [0.15, 0.2) is 0 Å². The lowest BCUT2D eigenvalue weighted by Gasteiger charge is -2.08. The Labute approximate surface area is 124 Å². The van der Waals surface area contributed by atoms with Crippen LogP contribution in [0.15, 0.2) is 42.5 Å². The van der Waals surface area contributed by atoms with E-state index in [2.05, 4.69) is 4.72 Å². The van der Waals surface area contributed by atoms with Gasteiger partial charge in [0.25, 0.3) is 0 Å². The summed E-state index contributed by atoms with van der Waals surface area (Å²) in [5, 5.41) is 0. The molecule has 0 unspecified atom stereocenters. The van der Waals surface area contributed by atoms with Crippen LogP contribution < -0.4 is 4.72 Å². The van der Waals surface area contributed by atoms with Gasteiger partial charge in [0.05, 0.1) is 5.75 Å². The second-order valence-corrected chi connectivity index (χ2v) is 6.93. The number of hydrogen-bond donors (Lipinski definition) is 1. The summed E-state index contributed by atoms with van der Waals surface area (Å²) >= 11 is 0. The van der Waals surface area contributed by atoms with Gasteiger partial charge in [-0.1, -0.05) is 30.3 Å². The molecule has 3 nitrogen and oxygen atoms in total. The Balaban J connectivity index is 2.00. The van der Waals surface area contributed by atoms with E-state index in [1.807, 2.05) is 32.0 Å². The standard InChI is InChI=1S/C16H18FNO2S/c1-12-3-4-15(9-13(12)2)10-18-21(19,20)11-14-5-7-16(17)8-6-14/h3-9,18H,10-11H2,1-2H3. The highest BCUT2D eigenvalue weighted by molar-refractivity contribution is 7.88. The zero-order chi connectivity index (χ0) is 15.5. The van der Waals surface area contributed by atoms with Crippen LogP contribution in [-0.2, 0) is 22.3 Å². The smallest absolute Gasteiger partial charge is 0.212 e. The van der Waals surface area contributed by atoms with E-state index in [9.17, 15) is 12.8 Å². The first-order valence-corrected chi connectivity index (χ1v) is 8.29. The second kappa shape index (κ2) is 6.37. The predicted octanol–water partition coefficient (Wildman–Crippen LogP) is 3.06. The number of rotatable bonds is 5. The zero-order valence-corrected chi connectivity index (χ0v) is 12.9. The van der Waals surface area contributed by atoms with Crippen molar-refractivity contribution in [3.05, 3.63) is 70.5 Å². The molecule has 0 aromatic heterocycles. The Kier molecular flexibility index (Phi) is 4.75. The fourth-order valence-corrected chi connectivity index (χ4v) is 3.08. The lowest BCUT2D eigenvalue weighted by molar-refractivity contribution is 0.580. The van der Waals surface area contributed by atoms with Gasteiger partial charge in [0.1, 0.15) is 5.82 Å². The van der Waals surface area contributed by atoms with Gasteiger partial charge in [-0.25, -0.2) is 17.5 Å². The van der Waals surface area contributed by atoms with Crippen molar-refractivity contribution in [2.45, 2.75) is 26.1 Å². The average molecular weight is 307 g/mol. The SMILES string of the molecule is Cc1ccc(CNS(=O)(=O)Cc2ccc(F)cc2)cc1C. The molecule has 21 heavy (non-hydrogen) atoms.